The molecule has 0 saturated carbocycles. The summed E-state index contributed by atoms with van der Waals surface area (Å²) in [6.45, 7) is 6.17. The SMILES string of the molecule is COc1ccc(O)c(C(C)(C)C)c1.[NaH]. The van der Waals surface area contributed by atoms with Crippen LogP contribution in [0.15, 0.2) is 18.2 Å². The van der Waals surface area contributed by atoms with Crippen molar-refractivity contribution in [3.63, 3.8) is 0 Å². The van der Waals surface area contributed by atoms with Gasteiger partial charge in [-0.3, -0.25) is 0 Å². The van der Waals surface area contributed by atoms with Crippen LogP contribution in [0.3, 0.4) is 0 Å². The van der Waals surface area contributed by atoms with Crippen LogP contribution in [0.25, 0.3) is 0 Å². The summed E-state index contributed by atoms with van der Waals surface area (Å²) in [6.07, 6.45) is 0. The molecule has 1 N–H and O–H groups in total. The van der Waals surface area contributed by atoms with Crippen LogP contribution in [-0.2, 0) is 5.41 Å². The summed E-state index contributed by atoms with van der Waals surface area (Å²) in [7, 11) is 1.62. The van der Waals surface area contributed by atoms with Crippen molar-refractivity contribution in [1.29, 1.82) is 0 Å². The predicted molar refractivity (Wildman–Crippen MR) is 60.5 cm³/mol. The molecule has 1 rings (SSSR count). The van der Waals surface area contributed by atoms with Crippen molar-refractivity contribution in [3.05, 3.63) is 23.8 Å². The Bertz CT molecular complexity index is 303. The van der Waals surface area contributed by atoms with Crippen LogP contribution in [0.1, 0.15) is 26.3 Å². The molecule has 0 heterocycles. The van der Waals surface area contributed by atoms with Gasteiger partial charge in [-0.05, 0) is 23.6 Å². The molecule has 74 valence electrons. The molecule has 0 radical (unpaired) electrons. The van der Waals surface area contributed by atoms with E-state index in [0.717, 1.165) is 11.3 Å². The number of hydrogen-bond acceptors (Lipinski definition) is 2. The van der Waals surface area contributed by atoms with E-state index in [2.05, 4.69) is 20.8 Å². The maximum absolute atomic E-state index is 9.61. The molecule has 0 bridgehead atoms. The van der Waals surface area contributed by atoms with E-state index in [9.17, 15) is 5.11 Å². The second kappa shape index (κ2) is 5.06. The van der Waals surface area contributed by atoms with Gasteiger partial charge in [0.2, 0.25) is 0 Å². The summed E-state index contributed by atoms with van der Waals surface area (Å²) in [5, 5.41) is 9.61. The Kier molecular flexibility index (Phi) is 4.99. The Labute approximate surface area is 108 Å². The van der Waals surface area contributed by atoms with Crippen molar-refractivity contribution in [3.8, 4) is 11.5 Å². The average Bonchev–Trinajstić information content (AvgIpc) is 2.03. The second-order valence-corrected chi connectivity index (χ2v) is 4.13. The first kappa shape index (κ1) is 13.8. The van der Waals surface area contributed by atoms with Crippen LogP contribution in [0.4, 0.5) is 0 Å². The van der Waals surface area contributed by atoms with Crippen molar-refractivity contribution in [2.45, 2.75) is 26.2 Å². The van der Waals surface area contributed by atoms with Crippen LogP contribution in [0, 0.1) is 0 Å². The number of aromatic hydroxyl groups is 1. The van der Waals surface area contributed by atoms with Gasteiger partial charge in [-0.2, -0.15) is 0 Å². The molecule has 0 atom stereocenters. The van der Waals surface area contributed by atoms with Gasteiger partial charge in [0, 0.05) is 5.56 Å². The van der Waals surface area contributed by atoms with Crippen molar-refractivity contribution in [1.82, 2.24) is 0 Å². The minimum absolute atomic E-state index is 0. The Balaban J connectivity index is 0.00000169. The zero-order valence-corrected chi connectivity index (χ0v) is 8.59. The van der Waals surface area contributed by atoms with E-state index in [0.29, 0.717) is 5.75 Å². The van der Waals surface area contributed by atoms with Crippen molar-refractivity contribution >= 4 is 29.6 Å². The summed E-state index contributed by atoms with van der Waals surface area (Å²) in [6, 6.07) is 5.29. The summed E-state index contributed by atoms with van der Waals surface area (Å²) in [5.74, 6) is 1.11. The predicted octanol–water partition coefficient (Wildman–Crippen LogP) is 2.05. The van der Waals surface area contributed by atoms with Crippen LogP contribution >= 0.6 is 0 Å². The fraction of sp³-hybridized carbons (Fsp3) is 0.455. The summed E-state index contributed by atoms with van der Waals surface area (Å²) in [5.41, 5.74) is 0.852. The van der Waals surface area contributed by atoms with E-state index in [-0.39, 0.29) is 35.0 Å². The topological polar surface area (TPSA) is 29.5 Å². The van der Waals surface area contributed by atoms with Gasteiger partial charge >= 0.3 is 29.6 Å². The maximum atomic E-state index is 9.61. The van der Waals surface area contributed by atoms with E-state index in [1.165, 1.54) is 0 Å². The number of phenolic OH excluding ortho intramolecular Hbond substituents is 1. The Hall–Kier alpha value is -0.180. The second-order valence-electron chi connectivity index (χ2n) is 4.13. The third kappa shape index (κ3) is 3.19. The third-order valence-corrected chi connectivity index (χ3v) is 2.01. The zero-order valence-electron chi connectivity index (χ0n) is 8.59. The quantitative estimate of drug-likeness (QED) is 0.709. The van der Waals surface area contributed by atoms with E-state index in [4.69, 9.17) is 4.74 Å². The summed E-state index contributed by atoms with van der Waals surface area (Å²) >= 11 is 0. The van der Waals surface area contributed by atoms with E-state index >= 15 is 0 Å². The van der Waals surface area contributed by atoms with Crippen molar-refractivity contribution < 1.29 is 9.84 Å². The number of hydrogen-bond donors (Lipinski definition) is 1. The van der Waals surface area contributed by atoms with Gasteiger partial charge in [0.25, 0.3) is 0 Å². The van der Waals surface area contributed by atoms with Gasteiger partial charge in [-0.15, -0.1) is 0 Å². The molecule has 14 heavy (non-hydrogen) atoms. The molecule has 2 nitrogen and oxygen atoms in total. The number of phenols is 1. The number of benzene rings is 1. The Morgan fingerprint density at radius 2 is 1.79 bits per heavy atom. The van der Waals surface area contributed by atoms with Crippen LogP contribution in [0.5, 0.6) is 11.5 Å². The first-order valence-corrected chi connectivity index (χ1v) is 4.32. The van der Waals surface area contributed by atoms with Crippen molar-refractivity contribution in [2.75, 3.05) is 7.11 Å². The molecule has 1 aromatic carbocycles. The normalized spacial score (nSPS) is 10.6. The van der Waals surface area contributed by atoms with Gasteiger partial charge in [0.15, 0.2) is 0 Å². The van der Waals surface area contributed by atoms with Gasteiger partial charge in [0.1, 0.15) is 11.5 Å². The molecule has 0 amide bonds. The third-order valence-electron chi connectivity index (χ3n) is 2.01. The van der Waals surface area contributed by atoms with Gasteiger partial charge in [-0.25, -0.2) is 0 Å². The Morgan fingerprint density at radius 3 is 2.21 bits per heavy atom. The number of rotatable bonds is 1. The summed E-state index contributed by atoms with van der Waals surface area (Å²) < 4.78 is 5.09. The fourth-order valence-electron chi connectivity index (χ4n) is 1.24. The molecule has 0 unspecified atom stereocenters. The molecule has 0 aliphatic heterocycles. The van der Waals surface area contributed by atoms with Crippen molar-refractivity contribution in [2.24, 2.45) is 0 Å². The average molecular weight is 204 g/mol. The molecule has 0 saturated heterocycles. The van der Waals surface area contributed by atoms with Crippen LogP contribution in [-0.4, -0.2) is 41.8 Å². The molecule has 0 fully saturated rings. The van der Waals surface area contributed by atoms with E-state index in [1.54, 1.807) is 19.2 Å². The molecule has 1 aromatic rings. The van der Waals surface area contributed by atoms with Crippen LogP contribution < -0.4 is 4.74 Å². The van der Waals surface area contributed by atoms with Gasteiger partial charge in [-0.1, -0.05) is 20.8 Å². The zero-order chi connectivity index (χ0) is 10.1. The molecule has 0 aliphatic carbocycles. The molecule has 0 aromatic heterocycles. The number of ether oxygens (including phenoxy) is 1. The molecular weight excluding hydrogens is 187 g/mol. The number of methoxy groups -OCH3 is 1. The Morgan fingerprint density at radius 1 is 1.21 bits per heavy atom. The van der Waals surface area contributed by atoms with E-state index < -0.39 is 0 Å². The molecular formula is C11H17NaO2. The molecule has 0 spiro atoms. The monoisotopic (exact) mass is 204 g/mol. The molecule has 3 heteroatoms. The van der Waals surface area contributed by atoms with Crippen LogP contribution in [0.2, 0.25) is 0 Å². The first-order chi connectivity index (χ1) is 5.95. The van der Waals surface area contributed by atoms with Gasteiger partial charge in [0.05, 0.1) is 7.11 Å². The fourth-order valence-corrected chi connectivity index (χ4v) is 1.24. The standard InChI is InChI=1S/C11H16O2.Na.H/c1-11(2,3)9-7-8(13-4)5-6-10(9)12;;/h5-7,12H,1-4H3;;. The minimum atomic E-state index is -0.0569. The first-order valence-electron chi connectivity index (χ1n) is 4.32. The van der Waals surface area contributed by atoms with Gasteiger partial charge < -0.3 is 9.84 Å². The molecule has 0 aliphatic rings. The van der Waals surface area contributed by atoms with E-state index in [1.807, 2.05) is 6.07 Å². The summed E-state index contributed by atoms with van der Waals surface area (Å²) in [4.78, 5) is 0.